The van der Waals surface area contributed by atoms with Crippen molar-refractivity contribution in [1.82, 2.24) is 0 Å². The number of hydrogen-bond donors (Lipinski definition) is 0. The van der Waals surface area contributed by atoms with Crippen LogP contribution in [0.3, 0.4) is 0 Å². The fraction of sp³-hybridized carbons (Fsp3) is 0.600. The Morgan fingerprint density at radius 1 is 1.36 bits per heavy atom. The van der Waals surface area contributed by atoms with E-state index in [2.05, 4.69) is 0 Å². The number of hydrogen-bond acceptors (Lipinski definition) is 4. The number of rotatable bonds is 1. The van der Waals surface area contributed by atoms with Gasteiger partial charge in [0.2, 0.25) is 5.78 Å². The highest BCUT2D eigenvalue weighted by atomic mass is 16.5. The molecular formula is C10H12O4. The van der Waals surface area contributed by atoms with E-state index in [0.717, 1.165) is 0 Å². The van der Waals surface area contributed by atoms with Crippen LogP contribution in [0.4, 0.5) is 0 Å². The summed E-state index contributed by atoms with van der Waals surface area (Å²) >= 11 is 0. The Labute approximate surface area is 81.9 Å². The summed E-state index contributed by atoms with van der Waals surface area (Å²) in [6.45, 7) is 1.85. The fourth-order valence-corrected chi connectivity index (χ4v) is 1.86. The molecule has 2 rings (SSSR count). The van der Waals surface area contributed by atoms with Crippen LogP contribution in [0.5, 0.6) is 0 Å². The molecule has 1 aliphatic heterocycles. The van der Waals surface area contributed by atoms with Crippen LogP contribution in [0.15, 0.2) is 11.3 Å². The minimum atomic E-state index is -0.647. The number of ether oxygens (including phenoxy) is 2. The van der Waals surface area contributed by atoms with Crippen molar-refractivity contribution in [2.45, 2.75) is 32.0 Å². The Bertz CT molecular complexity index is 329. The second-order valence-corrected chi connectivity index (χ2v) is 3.66. The maximum atomic E-state index is 11.7. The molecule has 2 aliphatic rings. The van der Waals surface area contributed by atoms with Gasteiger partial charge in [-0.2, -0.15) is 0 Å². The van der Waals surface area contributed by atoms with Gasteiger partial charge in [-0.25, -0.2) is 0 Å². The molecule has 2 unspecified atom stereocenters. The van der Waals surface area contributed by atoms with Crippen molar-refractivity contribution in [1.29, 1.82) is 0 Å². The smallest absolute Gasteiger partial charge is 0.226 e. The van der Waals surface area contributed by atoms with E-state index in [1.165, 1.54) is 7.11 Å². The Morgan fingerprint density at radius 2 is 2.07 bits per heavy atom. The van der Waals surface area contributed by atoms with E-state index < -0.39 is 6.10 Å². The number of carbonyl (C=O) groups excluding carboxylic acids is 2. The Morgan fingerprint density at radius 3 is 2.71 bits per heavy atom. The lowest BCUT2D eigenvalue weighted by atomic mass is 9.92. The molecule has 0 aromatic rings. The molecule has 76 valence electrons. The normalized spacial score (nSPS) is 31.9. The first-order chi connectivity index (χ1) is 6.63. The summed E-state index contributed by atoms with van der Waals surface area (Å²) in [5.41, 5.74) is 0.552. The van der Waals surface area contributed by atoms with Crippen molar-refractivity contribution in [3.05, 3.63) is 11.3 Å². The molecule has 14 heavy (non-hydrogen) atoms. The molecule has 1 heterocycles. The summed E-state index contributed by atoms with van der Waals surface area (Å²) in [6, 6.07) is 0. The quantitative estimate of drug-likeness (QED) is 0.616. The number of carbonyl (C=O) groups is 2. The van der Waals surface area contributed by atoms with Gasteiger partial charge in [0.25, 0.3) is 0 Å². The van der Waals surface area contributed by atoms with Gasteiger partial charge >= 0.3 is 0 Å². The average Bonchev–Trinajstić information content (AvgIpc) is 2.54. The molecular weight excluding hydrogens is 184 g/mol. The van der Waals surface area contributed by atoms with Crippen molar-refractivity contribution in [2.75, 3.05) is 7.11 Å². The zero-order valence-electron chi connectivity index (χ0n) is 8.20. The topological polar surface area (TPSA) is 52.6 Å². The van der Waals surface area contributed by atoms with E-state index in [-0.39, 0.29) is 29.9 Å². The van der Waals surface area contributed by atoms with Gasteiger partial charge in [0.05, 0.1) is 0 Å². The third kappa shape index (κ3) is 1.26. The molecule has 0 spiro atoms. The molecule has 0 amide bonds. The van der Waals surface area contributed by atoms with Crippen LogP contribution in [0.2, 0.25) is 0 Å². The van der Waals surface area contributed by atoms with Gasteiger partial charge in [-0.05, 0) is 6.92 Å². The first-order valence-electron chi connectivity index (χ1n) is 4.63. The third-order valence-electron chi connectivity index (χ3n) is 2.59. The Hall–Kier alpha value is -1.16. The van der Waals surface area contributed by atoms with E-state index in [9.17, 15) is 9.59 Å². The van der Waals surface area contributed by atoms with Crippen LogP contribution in [0.25, 0.3) is 0 Å². The van der Waals surface area contributed by atoms with Crippen LogP contribution in [0.1, 0.15) is 19.8 Å². The second kappa shape index (κ2) is 3.20. The van der Waals surface area contributed by atoms with Gasteiger partial charge in [-0.15, -0.1) is 0 Å². The first-order valence-corrected chi connectivity index (χ1v) is 4.63. The molecule has 0 aromatic heterocycles. The van der Waals surface area contributed by atoms with E-state index in [0.29, 0.717) is 12.0 Å². The molecule has 0 radical (unpaired) electrons. The summed E-state index contributed by atoms with van der Waals surface area (Å²) in [5, 5.41) is 0. The summed E-state index contributed by atoms with van der Waals surface area (Å²) in [7, 11) is 1.43. The van der Waals surface area contributed by atoms with Crippen LogP contribution in [0, 0.1) is 0 Å². The molecule has 0 N–H and O–H groups in total. The minimum absolute atomic E-state index is 0.0178. The SMILES string of the molecule is COC1CC(=O)C2=C(OC(C)C2)C1=O. The number of ketones is 2. The summed E-state index contributed by atoms with van der Waals surface area (Å²) in [6.07, 6.45) is -0.00399. The molecule has 0 saturated heterocycles. The van der Waals surface area contributed by atoms with E-state index in [1.54, 1.807) is 0 Å². The molecule has 0 saturated carbocycles. The van der Waals surface area contributed by atoms with E-state index in [1.807, 2.05) is 6.92 Å². The second-order valence-electron chi connectivity index (χ2n) is 3.66. The molecule has 4 nitrogen and oxygen atoms in total. The van der Waals surface area contributed by atoms with Crippen LogP contribution in [-0.4, -0.2) is 30.9 Å². The van der Waals surface area contributed by atoms with Gasteiger partial charge in [0.15, 0.2) is 11.5 Å². The highest BCUT2D eigenvalue weighted by Crippen LogP contribution is 2.32. The van der Waals surface area contributed by atoms with Crippen molar-refractivity contribution in [3.63, 3.8) is 0 Å². The average molecular weight is 196 g/mol. The predicted octanol–water partition coefficient (Wildman–Crippen LogP) is 0.606. The summed E-state index contributed by atoms with van der Waals surface area (Å²) in [5.74, 6) is 0.0304. The lowest BCUT2D eigenvalue weighted by molar-refractivity contribution is -0.134. The van der Waals surface area contributed by atoms with Gasteiger partial charge in [0, 0.05) is 25.5 Å². The molecule has 1 aliphatic carbocycles. The zero-order valence-corrected chi connectivity index (χ0v) is 8.20. The van der Waals surface area contributed by atoms with E-state index >= 15 is 0 Å². The van der Waals surface area contributed by atoms with Gasteiger partial charge in [-0.3, -0.25) is 9.59 Å². The summed E-state index contributed by atoms with van der Waals surface area (Å²) < 4.78 is 10.2. The van der Waals surface area contributed by atoms with Crippen LogP contribution >= 0.6 is 0 Å². The van der Waals surface area contributed by atoms with Gasteiger partial charge in [-0.1, -0.05) is 0 Å². The fourth-order valence-electron chi connectivity index (χ4n) is 1.86. The molecule has 0 aromatic carbocycles. The van der Waals surface area contributed by atoms with Crippen molar-refractivity contribution in [3.8, 4) is 0 Å². The highest BCUT2D eigenvalue weighted by Gasteiger charge is 2.40. The number of methoxy groups -OCH3 is 1. The maximum absolute atomic E-state index is 11.7. The third-order valence-corrected chi connectivity index (χ3v) is 2.59. The molecule has 4 heteroatoms. The molecule has 0 bridgehead atoms. The predicted molar refractivity (Wildman–Crippen MR) is 47.6 cm³/mol. The maximum Gasteiger partial charge on any atom is 0.226 e. The largest absolute Gasteiger partial charge is 0.486 e. The highest BCUT2D eigenvalue weighted by molar-refractivity contribution is 6.13. The van der Waals surface area contributed by atoms with Crippen LogP contribution < -0.4 is 0 Å². The summed E-state index contributed by atoms with van der Waals surface area (Å²) in [4.78, 5) is 23.2. The van der Waals surface area contributed by atoms with Crippen molar-refractivity contribution < 1.29 is 19.1 Å². The zero-order chi connectivity index (χ0) is 10.3. The number of Topliss-reactive ketones (excluding diaryl/α,β-unsaturated/α-hetero) is 2. The standard InChI is InChI=1S/C10H12O4/c1-5-3-6-7(11)4-8(13-2)9(12)10(6)14-5/h5,8H,3-4H2,1-2H3. The van der Waals surface area contributed by atoms with Gasteiger partial charge in [0.1, 0.15) is 12.2 Å². The lowest BCUT2D eigenvalue weighted by Gasteiger charge is -2.18. The van der Waals surface area contributed by atoms with E-state index in [4.69, 9.17) is 9.47 Å². The van der Waals surface area contributed by atoms with Crippen molar-refractivity contribution >= 4 is 11.6 Å². The van der Waals surface area contributed by atoms with Gasteiger partial charge < -0.3 is 9.47 Å². The van der Waals surface area contributed by atoms with Crippen molar-refractivity contribution in [2.24, 2.45) is 0 Å². The lowest BCUT2D eigenvalue weighted by Crippen LogP contribution is -2.33. The minimum Gasteiger partial charge on any atom is -0.486 e. The van der Waals surface area contributed by atoms with Crippen LogP contribution in [-0.2, 0) is 19.1 Å². The Kier molecular flexibility index (Phi) is 2.15. The Balaban J connectivity index is 2.33. The molecule has 2 atom stereocenters. The first kappa shape index (κ1) is 9.40. The molecule has 0 fully saturated rings. The monoisotopic (exact) mass is 196 g/mol.